The number of aromatic carboxylic acids is 1. The highest BCUT2D eigenvalue weighted by Crippen LogP contribution is 2.30. The number of imidazole rings is 1. The third-order valence-electron chi connectivity index (χ3n) is 6.40. The summed E-state index contributed by atoms with van der Waals surface area (Å²) in [5.41, 5.74) is 8.32. The average molecular weight is 507 g/mol. The standard InChI is InChI=1S/C27H34N6O4/c1-27(2,3)15-29-23(34)16-8-11-21(18(13-16)25(36)37)33-12-6-4-5-7-22(33)24(35)30-17-9-10-19-20(14-17)32-26(28)31-19/h8-11,13-14,22H,4-7,12,15H2,1-3H3,(H,29,34)(H,30,35)(H,36,37)(H3,28,31,32)/t22-/m1/s1. The minimum absolute atomic E-state index is 0.00235. The lowest BCUT2D eigenvalue weighted by Crippen LogP contribution is -2.44. The summed E-state index contributed by atoms with van der Waals surface area (Å²) in [5, 5.41) is 15.8. The van der Waals surface area contributed by atoms with Crippen LogP contribution in [0.5, 0.6) is 0 Å². The first-order chi connectivity index (χ1) is 17.5. The number of carboxylic acid groups (broad SMARTS) is 1. The number of aromatic amines is 1. The van der Waals surface area contributed by atoms with Crippen molar-refractivity contribution < 1.29 is 19.5 Å². The molecule has 196 valence electrons. The zero-order valence-electron chi connectivity index (χ0n) is 21.4. The Labute approximate surface area is 215 Å². The number of nitrogen functional groups attached to an aromatic ring is 1. The maximum Gasteiger partial charge on any atom is 0.337 e. The Morgan fingerprint density at radius 1 is 1.14 bits per heavy atom. The van der Waals surface area contributed by atoms with Crippen molar-refractivity contribution in [1.82, 2.24) is 15.3 Å². The number of benzene rings is 2. The van der Waals surface area contributed by atoms with Crippen molar-refractivity contribution in [3.05, 3.63) is 47.5 Å². The van der Waals surface area contributed by atoms with Crippen LogP contribution in [0.15, 0.2) is 36.4 Å². The van der Waals surface area contributed by atoms with Crippen molar-refractivity contribution in [2.75, 3.05) is 29.0 Å². The van der Waals surface area contributed by atoms with Crippen LogP contribution < -0.4 is 21.3 Å². The van der Waals surface area contributed by atoms with Crippen LogP contribution in [0.1, 0.15) is 67.2 Å². The van der Waals surface area contributed by atoms with E-state index in [4.69, 9.17) is 5.73 Å². The largest absolute Gasteiger partial charge is 0.478 e. The topological polar surface area (TPSA) is 153 Å². The van der Waals surface area contributed by atoms with Crippen molar-refractivity contribution in [3.63, 3.8) is 0 Å². The first kappa shape index (κ1) is 26.0. The number of carbonyl (C=O) groups excluding carboxylic acids is 2. The number of amides is 2. The van der Waals surface area contributed by atoms with Gasteiger partial charge in [0.1, 0.15) is 6.04 Å². The molecule has 0 bridgehead atoms. The number of nitrogens with two attached hydrogens (primary N) is 1. The molecule has 2 heterocycles. The average Bonchev–Trinajstić information content (AvgIpc) is 3.04. The number of H-pyrrole nitrogens is 1. The molecule has 6 N–H and O–H groups in total. The van der Waals surface area contributed by atoms with Gasteiger partial charge in [-0.05, 0) is 54.7 Å². The molecule has 1 atom stereocenters. The third kappa shape index (κ3) is 6.19. The molecule has 10 heteroatoms. The van der Waals surface area contributed by atoms with Crippen LogP contribution in [0.2, 0.25) is 0 Å². The van der Waals surface area contributed by atoms with Gasteiger partial charge in [0.05, 0.1) is 22.3 Å². The van der Waals surface area contributed by atoms with E-state index in [9.17, 15) is 19.5 Å². The molecule has 2 amide bonds. The van der Waals surface area contributed by atoms with Gasteiger partial charge in [0.2, 0.25) is 5.91 Å². The van der Waals surface area contributed by atoms with Gasteiger partial charge in [-0.15, -0.1) is 0 Å². The Hall–Kier alpha value is -4.08. The second-order valence-electron chi connectivity index (χ2n) is 10.7. The summed E-state index contributed by atoms with van der Waals surface area (Å²) >= 11 is 0. The first-order valence-electron chi connectivity index (χ1n) is 12.5. The van der Waals surface area contributed by atoms with E-state index in [0.29, 0.717) is 47.9 Å². The predicted molar refractivity (Wildman–Crippen MR) is 144 cm³/mol. The maximum atomic E-state index is 13.5. The zero-order valence-corrected chi connectivity index (χ0v) is 21.4. The van der Waals surface area contributed by atoms with Crippen LogP contribution in [0.25, 0.3) is 11.0 Å². The summed E-state index contributed by atoms with van der Waals surface area (Å²) in [6, 6.07) is 9.39. The number of nitrogens with one attached hydrogen (secondary N) is 3. The number of carbonyl (C=O) groups is 3. The Bertz CT molecular complexity index is 1330. The van der Waals surface area contributed by atoms with E-state index in [2.05, 4.69) is 20.6 Å². The van der Waals surface area contributed by atoms with Gasteiger partial charge in [-0.1, -0.05) is 33.6 Å². The fourth-order valence-corrected chi connectivity index (χ4v) is 4.55. The van der Waals surface area contributed by atoms with Crippen LogP contribution in [0.4, 0.5) is 17.3 Å². The molecule has 0 saturated carbocycles. The van der Waals surface area contributed by atoms with Gasteiger partial charge in [0.15, 0.2) is 5.95 Å². The van der Waals surface area contributed by atoms with Gasteiger partial charge in [-0.2, -0.15) is 0 Å². The summed E-state index contributed by atoms with van der Waals surface area (Å²) in [5.74, 6) is -1.41. The molecule has 4 rings (SSSR count). The van der Waals surface area contributed by atoms with Crippen molar-refractivity contribution >= 4 is 46.1 Å². The lowest BCUT2D eigenvalue weighted by molar-refractivity contribution is -0.117. The van der Waals surface area contributed by atoms with E-state index in [1.165, 1.54) is 6.07 Å². The molecule has 10 nitrogen and oxygen atoms in total. The molecule has 1 aliphatic heterocycles. The number of anilines is 3. The fourth-order valence-electron chi connectivity index (χ4n) is 4.55. The quantitative estimate of drug-likeness (QED) is 0.338. The first-order valence-corrected chi connectivity index (χ1v) is 12.5. The number of fused-ring (bicyclic) bond motifs is 1. The molecule has 1 fully saturated rings. The lowest BCUT2D eigenvalue weighted by Gasteiger charge is -2.32. The monoisotopic (exact) mass is 506 g/mol. The van der Waals surface area contributed by atoms with Crippen LogP contribution in [0, 0.1) is 5.41 Å². The van der Waals surface area contributed by atoms with Gasteiger partial charge in [0, 0.05) is 24.3 Å². The van der Waals surface area contributed by atoms with Crippen LogP contribution in [-0.2, 0) is 4.79 Å². The predicted octanol–water partition coefficient (Wildman–Crippen LogP) is 4.01. The van der Waals surface area contributed by atoms with E-state index in [1.807, 2.05) is 25.7 Å². The summed E-state index contributed by atoms with van der Waals surface area (Å²) in [6.45, 7) is 7.01. The second-order valence-corrected chi connectivity index (χ2v) is 10.7. The number of nitrogens with zero attached hydrogens (tertiary/aromatic N) is 2. The van der Waals surface area contributed by atoms with E-state index in [0.717, 1.165) is 19.3 Å². The van der Waals surface area contributed by atoms with Gasteiger partial charge in [-0.25, -0.2) is 9.78 Å². The van der Waals surface area contributed by atoms with Gasteiger partial charge >= 0.3 is 5.97 Å². The molecule has 1 aliphatic rings. The Morgan fingerprint density at radius 2 is 1.92 bits per heavy atom. The Morgan fingerprint density at radius 3 is 2.65 bits per heavy atom. The highest BCUT2D eigenvalue weighted by molar-refractivity contribution is 6.03. The van der Waals surface area contributed by atoms with Gasteiger partial charge in [0.25, 0.3) is 5.91 Å². The molecule has 0 spiro atoms. The molecule has 0 radical (unpaired) electrons. The minimum Gasteiger partial charge on any atom is -0.478 e. The smallest absolute Gasteiger partial charge is 0.337 e. The van der Waals surface area contributed by atoms with Crippen molar-refractivity contribution in [2.24, 2.45) is 5.41 Å². The highest BCUT2D eigenvalue weighted by atomic mass is 16.4. The lowest BCUT2D eigenvalue weighted by atomic mass is 9.96. The van der Waals surface area contributed by atoms with Gasteiger partial charge < -0.3 is 31.4 Å². The molecule has 1 saturated heterocycles. The highest BCUT2D eigenvalue weighted by Gasteiger charge is 2.31. The number of aromatic nitrogens is 2. The zero-order chi connectivity index (χ0) is 26.7. The molecular formula is C27H34N6O4. The van der Waals surface area contributed by atoms with E-state index in [1.54, 1.807) is 30.3 Å². The fraction of sp³-hybridized carbons (Fsp3) is 0.407. The maximum absolute atomic E-state index is 13.5. The molecule has 1 aromatic heterocycles. The minimum atomic E-state index is -1.15. The summed E-state index contributed by atoms with van der Waals surface area (Å²) in [4.78, 5) is 47.4. The Kier molecular flexibility index (Phi) is 7.37. The van der Waals surface area contributed by atoms with Crippen molar-refractivity contribution in [3.8, 4) is 0 Å². The summed E-state index contributed by atoms with van der Waals surface area (Å²) in [7, 11) is 0. The van der Waals surface area contributed by atoms with E-state index in [-0.39, 0.29) is 28.4 Å². The van der Waals surface area contributed by atoms with E-state index >= 15 is 0 Å². The van der Waals surface area contributed by atoms with Gasteiger partial charge in [-0.3, -0.25) is 9.59 Å². The summed E-state index contributed by atoms with van der Waals surface area (Å²) in [6.07, 6.45) is 3.20. The van der Waals surface area contributed by atoms with Crippen LogP contribution >= 0.6 is 0 Å². The SMILES string of the molecule is CC(C)(C)CNC(=O)c1ccc(N2CCCCC[C@@H]2C(=O)Nc2ccc3nc(N)[nH]c3c2)c(C(=O)O)c1. The van der Waals surface area contributed by atoms with E-state index < -0.39 is 12.0 Å². The van der Waals surface area contributed by atoms with Crippen LogP contribution in [0.3, 0.4) is 0 Å². The number of rotatable bonds is 6. The van der Waals surface area contributed by atoms with Crippen molar-refractivity contribution in [1.29, 1.82) is 0 Å². The third-order valence-corrected chi connectivity index (χ3v) is 6.40. The molecule has 2 aromatic carbocycles. The Balaban J connectivity index is 1.60. The molecule has 0 aliphatic carbocycles. The summed E-state index contributed by atoms with van der Waals surface area (Å²) < 4.78 is 0. The van der Waals surface area contributed by atoms with Crippen molar-refractivity contribution in [2.45, 2.75) is 52.5 Å². The molecule has 3 aromatic rings. The molecule has 37 heavy (non-hydrogen) atoms. The number of hydrogen-bond acceptors (Lipinski definition) is 6. The molecule has 0 unspecified atom stereocenters. The number of hydrogen-bond donors (Lipinski definition) is 5. The number of carboxylic acids is 1. The van der Waals surface area contributed by atoms with Crippen LogP contribution in [-0.4, -0.2) is 52.0 Å². The normalized spacial score (nSPS) is 16.3. The second kappa shape index (κ2) is 10.5. The molecular weight excluding hydrogens is 472 g/mol.